The molecule has 1 aromatic carbocycles. The molecule has 4 N–H and O–H groups in total. The number of carbonyl (C=O) groups is 1. The molecule has 0 bridgehead atoms. The molecule has 0 unspecified atom stereocenters. The molecule has 1 fully saturated rings. The van der Waals surface area contributed by atoms with E-state index in [1.165, 1.54) is 18.6 Å². The van der Waals surface area contributed by atoms with Crippen molar-refractivity contribution in [3.8, 4) is 0 Å². The molecular formula is C21H30N6O3S. The molecule has 1 aliphatic rings. The van der Waals surface area contributed by atoms with Gasteiger partial charge in [0.05, 0.1) is 10.6 Å². The van der Waals surface area contributed by atoms with Crippen LogP contribution in [0.15, 0.2) is 29.2 Å². The van der Waals surface area contributed by atoms with E-state index < -0.39 is 15.7 Å². The number of hydrogen-bond donors (Lipinski definition) is 3. The molecule has 0 saturated carbocycles. The van der Waals surface area contributed by atoms with E-state index in [0.717, 1.165) is 32.3 Å². The summed E-state index contributed by atoms with van der Waals surface area (Å²) in [5.41, 5.74) is 6.70. The number of likely N-dealkylation sites (N-methyl/N-ethyl adjacent to an activating group) is 1. The second-order valence-electron chi connectivity index (χ2n) is 7.66. The Hall–Kier alpha value is -2.72. The van der Waals surface area contributed by atoms with Crippen molar-refractivity contribution >= 4 is 33.1 Å². The van der Waals surface area contributed by atoms with Gasteiger partial charge in [-0.05, 0) is 50.6 Å². The Balaban J connectivity index is 1.91. The van der Waals surface area contributed by atoms with Crippen LogP contribution in [0.4, 0.5) is 17.3 Å². The van der Waals surface area contributed by atoms with Crippen molar-refractivity contribution in [2.75, 3.05) is 36.5 Å². The number of anilines is 3. The maximum Gasteiger partial charge on any atom is 0.271 e. The van der Waals surface area contributed by atoms with Crippen LogP contribution in [0.25, 0.3) is 0 Å². The summed E-state index contributed by atoms with van der Waals surface area (Å²) in [5.74, 6) is 0.0808. The third kappa shape index (κ3) is 5.50. The van der Waals surface area contributed by atoms with Crippen LogP contribution in [0, 0.1) is 0 Å². The molecule has 1 aliphatic heterocycles. The van der Waals surface area contributed by atoms with Gasteiger partial charge in [0.2, 0.25) is 0 Å². The molecule has 0 radical (unpaired) electrons. The van der Waals surface area contributed by atoms with Crippen LogP contribution in [-0.2, 0) is 16.3 Å². The SMILES string of the molecule is CCc1nc(C(N)=O)c(Nc2cccc(S(C)(=O)=O)c2)nc1NC[C@@H]1CCCN1CC. The van der Waals surface area contributed by atoms with E-state index in [4.69, 9.17) is 5.73 Å². The van der Waals surface area contributed by atoms with E-state index in [1.807, 2.05) is 6.92 Å². The normalized spacial score (nSPS) is 16.9. The molecule has 2 aromatic rings. The highest BCUT2D eigenvalue weighted by molar-refractivity contribution is 7.90. The highest BCUT2D eigenvalue weighted by Gasteiger charge is 2.24. The molecule has 1 atom stereocenters. The molecule has 0 spiro atoms. The van der Waals surface area contributed by atoms with Gasteiger partial charge in [0.25, 0.3) is 5.91 Å². The molecule has 31 heavy (non-hydrogen) atoms. The lowest BCUT2D eigenvalue weighted by Gasteiger charge is -2.24. The number of amides is 1. The molecule has 0 aliphatic carbocycles. The molecule has 3 rings (SSSR count). The monoisotopic (exact) mass is 446 g/mol. The van der Waals surface area contributed by atoms with Gasteiger partial charge >= 0.3 is 0 Å². The lowest BCUT2D eigenvalue weighted by molar-refractivity contribution is 0.0996. The summed E-state index contributed by atoms with van der Waals surface area (Å²) < 4.78 is 23.7. The van der Waals surface area contributed by atoms with Crippen molar-refractivity contribution in [2.45, 2.75) is 44.0 Å². The summed E-state index contributed by atoms with van der Waals surface area (Å²) in [6.45, 7) is 6.93. The molecule has 1 amide bonds. The van der Waals surface area contributed by atoms with Gasteiger partial charge in [0, 0.05) is 24.5 Å². The van der Waals surface area contributed by atoms with Gasteiger partial charge in [-0.3, -0.25) is 9.69 Å². The second-order valence-corrected chi connectivity index (χ2v) is 9.68. The Morgan fingerprint density at radius 1 is 1.26 bits per heavy atom. The lowest BCUT2D eigenvalue weighted by atomic mass is 10.2. The number of aromatic nitrogens is 2. The second kappa shape index (κ2) is 9.61. The van der Waals surface area contributed by atoms with Gasteiger partial charge in [-0.1, -0.05) is 19.9 Å². The summed E-state index contributed by atoms with van der Waals surface area (Å²) >= 11 is 0. The zero-order valence-corrected chi connectivity index (χ0v) is 19.0. The third-order valence-electron chi connectivity index (χ3n) is 5.47. The average Bonchev–Trinajstić information content (AvgIpc) is 3.19. The van der Waals surface area contributed by atoms with Crippen molar-refractivity contribution in [3.63, 3.8) is 0 Å². The number of aryl methyl sites for hydroxylation is 1. The van der Waals surface area contributed by atoms with Crippen LogP contribution in [0.3, 0.4) is 0 Å². The van der Waals surface area contributed by atoms with E-state index in [0.29, 0.717) is 29.7 Å². The zero-order chi connectivity index (χ0) is 22.6. The maximum atomic E-state index is 12.0. The van der Waals surface area contributed by atoms with E-state index in [1.54, 1.807) is 12.1 Å². The Morgan fingerprint density at radius 3 is 2.68 bits per heavy atom. The third-order valence-corrected chi connectivity index (χ3v) is 6.58. The predicted octanol–water partition coefficient (Wildman–Crippen LogP) is 2.18. The van der Waals surface area contributed by atoms with Gasteiger partial charge in [0.1, 0.15) is 5.82 Å². The zero-order valence-electron chi connectivity index (χ0n) is 18.2. The van der Waals surface area contributed by atoms with Gasteiger partial charge in [-0.25, -0.2) is 18.4 Å². The van der Waals surface area contributed by atoms with Crippen molar-refractivity contribution in [3.05, 3.63) is 35.7 Å². The van der Waals surface area contributed by atoms with E-state index >= 15 is 0 Å². The standard InChI is InChI=1S/C21H30N6O3S/c1-4-17-20(23-13-15-9-7-11-27(15)5-2)26-21(18(25-17)19(22)28)24-14-8-6-10-16(12-14)31(3,29)30/h6,8,10,12,15H,4-5,7,9,11,13H2,1-3H3,(H2,22,28)(H2,23,24,26)/t15-/m0/s1. The van der Waals surface area contributed by atoms with E-state index in [-0.39, 0.29) is 16.4 Å². The number of hydrogen-bond acceptors (Lipinski definition) is 8. The summed E-state index contributed by atoms with van der Waals surface area (Å²) in [5, 5.41) is 6.41. The Morgan fingerprint density at radius 2 is 2.03 bits per heavy atom. The molecule has 1 aromatic heterocycles. The quantitative estimate of drug-likeness (QED) is 0.534. The van der Waals surface area contributed by atoms with Crippen LogP contribution in [-0.4, -0.2) is 61.1 Å². The fourth-order valence-electron chi connectivity index (χ4n) is 3.82. The minimum absolute atomic E-state index is 0.0169. The topological polar surface area (TPSA) is 130 Å². The van der Waals surface area contributed by atoms with Crippen LogP contribution in [0.2, 0.25) is 0 Å². The highest BCUT2D eigenvalue weighted by atomic mass is 32.2. The van der Waals surface area contributed by atoms with Gasteiger partial charge < -0.3 is 16.4 Å². The first kappa shape index (κ1) is 23.0. The van der Waals surface area contributed by atoms with Crippen LogP contribution in [0.1, 0.15) is 42.9 Å². The van der Waals surface area contributed by atoms with Crippen LogP contribution in [0.5, 0.6) is 0 Å². The smallest absolute Gasteiger partial charge is 0.271 e. The molecule has 168 valence electrons. The molecule has 9 nitrogen and oxygen atoms in total. The number of sulfone groups is 1. The molecular weight excluding hydrogens is 416 g/mol. The summed E-state index contributed by atoms with van der Waals surface area (Å²) in [7, 11) is -3.37. The fraction of sp³-hybridized carbons (Fsp3) is 0.476. The number of rotatable bonds is 9. The van der Waals surface area contributed by atoms with Crippen molar-refractivity contribution in [2.24, 2.45) is 5.73 Å². The van der Waals surface area contributed by atoms with Crippen LogP contribution < -0.4 is 16.4 Å². The average molecular weight is 447 g/mol. The Bertz CT molecular complexity index is 1060. The molecule has 10 heteroatoms. The van der Waals surface area contributed by atoms with Crippen molar-refractivity contribution in [1.82, 2.24) is 14.9 Å². The number of benzene rings is 1. The molecule has 2 heterocycles. The first-order valence-electron chi connectivity index (χ1n) is 10.5. The largest absolute Gasteiger partial charge is 0.367 e. The fourth-order valence-corrected chi connectivity index (χ4v) is 4.48. The Labute approximate surface area is 183 Å². The van der Waals surface area contributed by atoms with Crippen molar-refractivity contribution < 1.29 is 13.2 Å². The van der Waals surface area contributed by atoms with E-state index in [9.17, 15) is 13.2 Å². The summed E-state index contributed by atoms with van der Waals surface area (Å²) in [6.07, 6.45) is 4.03. The first-order valence-corrected chi connectivity index (χ1v) is 12.4. The summed E-state index contributed by atoms with van der Waals surface area (Å²) in [4.78, 5) is 23.7. The van der Waals surface area contributed by atoms with Gasteiger partial charge in [-0.15, -0.1) is 0 Å². The number of nitrogens with one attached hydrogen (secondary N) is 2. The van der Waals surface area contributed by atoms with Crippen LogP contribution >= 0.6 is 0 Å². The van der Waals surface area contributed by atoms with Gasteiger partial charge in [-0.2, -0.15) is 0 Å². The van der Waals surface area contributed by atoms with Crippen molar-refractivity contribution in [1.29, 1.82) is 0 Å². The maximum absolute atomic E-state index is 12.0. The van der Waals surface area contributed by atoms with E-state index in [2.05, 4.69) is 32.4 Å². The number of nitrogens with two attached hydrogens (primary N) is 1. The first-order chi connectivity index (χ1) is 14.7. The lowest BCUT2D eigenvalue weighted by Crippen LogP contribution is -2.35. The Kier molecular flexibility index (Phi) is 7.11. The predicted molar refractivity (Wildman–Crippen MR) is 122 cm³/mol. The highest BCUT2D eigenvalue weighted by Crippen LogP contribution is 2.25. The minimum Gasteiger partial charge on any atom is -0.367 e. The number of carbonyl (C=O) groups excluding carboxylic acids is 1. The molecule has 1 saturated heterocycles. The number of likely N-dealkylation sites (tertiary alicyclic amines) is 1. The minimum atomic E-state index is -3.37. The number of primary amides is 1. The van der Waals surface area contributed by atoms with Gasteiger partial charge in [0.15, 0.2) is 21.3 Å². The summed E-state index contributed by atoms with van der Waals surface area (Å²) in [6, 6.07) is 6.74. The number of nitrogens with zero attached hydrogens (tertiary/aromatic N) is 3.